The fourth-order valence-corrected chi connectivity index (χ4v) is 1.02. The highest BCUT2D eigenvalue weighted by Crippen LogP contribution is 2.17. The first-order valence-electron chi connectivity index (χ1n) is 6.07. The zero-order chi connectivity index (χ0) is 11.7. The van der Waals surface area contributed by atoms with Crippen LogP contribution in [0, 0.1) is 11.3 Å². The summed E-state index contributed by atoms with van der Waals surface area (Å²) in [5.74, 6) is 0.729. The first-order chi connectivity index (χ1) is 6.92. The summed E-state index contributed by atoms with van der Waals surface area (Å²) in [4.78, 5) is 0. The number of hydrogen-bond donors (Lipinski definition) is 0. The molecule has 2 nitrogen and oxygen atoms in total. The van der Waals surface area contributed by atoms with Crippen molar-refractivity contribution in [1.29, 1.82) is 0 Å². The van der Waals surface area contributed by atoms with E-state index >= 15 is 0 Å². The summed E-state index contributed by atoms with van der Waals surface area (Å²) in [6, 6.07) is 0. The summed E-state index contributed by atoms with van der Waals surface area (Å²) in [7, 11) is 0. The highest BCUT2D eigenvalue weighted by molar-refractivity contribution is 4.59. The average molecular weight is 216 g/mol. The normalized spacial score (nSPS) is 12.4. The Morgan fingerprint density at radius 3 is 1.87 bits per heavy atom. The van der Waals surface area contributed by atoms with E-state index in [1.54, 1.807) is 0 Å². The SMILES string of the molecule is CC(C)CCOCCOCCC(C)(C)C. The van der Waals surface area contributed by atoms with Crippen LogP contribution in [0.25, 0.3) is 0 Å². The number of hydrogen-bond acceptors (Lipinski definition) is 2. The second-order valence-electron chi connectivity index (χ2n) is 5.72. The molecule has 0 aromatic heterocycles. The van der Waals surface area contributed by atoms with Gasteiger partial charge in [-0.05, 0) is 24.2 Å². The standard InChI is InChI=1S/C13H28O2/c1-12(2)6-8-14-10-11-15-9-7-13(3,4)5/h12H,6-11H2,1-5H3. The van der Waals surface area contributed by atoms with Gasteiger partial charge in [-0.15, -0.1) is 0 Å². The minimum Gasteiger partial charge on any atom is -0.379 e. The summed E-state index contributed by atoms with van der Waals surface area (Å²) in [5.41, 5.74) is 0.374. The Balaban J connectivity index is 3.06. The summed E-state index contributed by atoms with van der Waals surface area (Å²) >= 11 is 0. The van der Waals surface area contributed by atoms with E-state index in [4.69, 9.17) is 9.47 Å². The van der Waals surface area contributed by atoms with Crippen LogP contribution in [-0.4, -0.2) is 26.4 Å². The van der Waals surface area contributed by atoms with Gasteiger partial charge in [0, 0.05) is 13.2 Å². The lowest BCUT2D eigenvalue weighted by Gasteiger charge is -2.17. The van der Waals surface area contributed by atoms with E-state index in [0.29, 0.717) is 5.41 Å². The maximum Gasteiger partial charge on any atom is 0.0700 e. The Morgan fingerprint density at radius 1 is 0.867 bits per heavy atom. The summed E-state index contributed by atoms with van der Waals surface area (Å²) < 4.78 is 10.9. The highest BCUT2D eigenvalue weighted by atomic mass is 16.5. The minimum absolute atomic E-state index is 0.374. The molecule has 0 aliphatic carbocycles. The lowest BCUT2D eigenvalue weighted by atomic mass is 9.93. The molecule has 0 aromatic carbocycles. The van der Waals surface area contributed by atoms with Crippen LogP contribution in [0.4, 0.5) is 0 Å². The van der Waals surface area contributed by atoms with Crippen molar-refractivity contribution in [3.63, 3.8) is 0 Å². The molecule has 0 saturated heterocycles. The molecule has 0 N–H and O–H groups in total. The van der Waals surface area contributed by atoms with E-state index in [2.05, 4.69) is 34.6 Å². The Morgan fingerprint density at radius 2 is 1.40 bits per heavy atom. The maximum atomic E-state index is 5.49. The monoisotopic (exact) mass is 216 g/mol. The molecule has 0 fully saturated rings. The molecule has 0 saturated carbocycles. The quantitative estimate of drug-likeness (QED) is 0.578. The van der Waals surface area contributed by atoms with E-state index in [9.17, 15) is 0 Å². The third-order valence-corrected chi connectivity index (χ3v) is 2.21. The maximum absolute atomic E-state index is 5.49. The molecule has 0 aliphatic heterocycles. The molecule has 0 spiro atoms. The predicted molar refractivity (Wildman–Crippen MR) is 65.2 cm³/mol. The second kappa shape index (κ2) is 8.12. The van der Waals surface area contributed by atoms with E-state index in [0.717, 1.165) is 45.2 Å². The molecule has 0 rings (SSSR count). The molecule has 0 amide bonds. The van der Waals surface area contributed by atoms with Crippen LogP contribution in [0.15, 0.2) is 0 Å². The molecule has 0 bridgehead atoms. The molecule has 0 atom stereocenters. The van der Waals surface area contributed by atoms with Crippen LogP contribution in [0.1, 0.15) is 47.5 Å². The largest absolute Gasteiger partial charge is 0.379 e. The molecule has 0 aromatic rings. The molecule has 92 valence electrons. The molecule has 2 heteroatoms. The van der Waals surface area contributed by atoms with Crippen molar-refractivity contribution in [3.05, 3.63) is 0 Å². The molecular weight excluding hydrogens is 188 g/mol. The van der Waals surface area contributed by atoms with E-state index < -0.39 is 0 Å². The Kier molecular flexibility index (Phi) is 8.07. The number of rotatable bonds is 8. The van der Waals surface area contributed by atoms with Crippen LogP contribution in [0.3, 0.4) is 0 Å². The van der Waals surface area contributed by atoms with E-state index in [-0.39, 0.29) is 0 Å². The van der Waals surface area contributed by atoms with Crippen molar-refractivity contribution < 1.29 is 9.47 Å². The van der Waals surface area contributed by atoms with Crippen LogP contribution >= 0.6 is 0 Å². The smallest absolute Gasteiger partial charge is 0.0700 e. The second-order valence-corrected chi connectivity index (χ2v) is 5.72. The fourth-order valence-electron chi connectivity index (χ4n) is 1.02. The van der Waals surface area contributed by atoms with E-state index in [1.807, 2.05) is 0 Å². The Hall–Kier alpha value is -0.0800. The third kappa shape index (κ3) is 13.9. The van der Waals surface area contributed by atoms with Gasteiger partial charge in [0.05, 0.1) is 13.2 Å². The molecule has 0 unspecified atom stereocenters. The Labute approximate surface area is 95.3 Å². The van der Waals surface area contributed by atoms with Crippen LogP contribution < -0.4 is 0 Å². The lowest BCUT2D eigenvalue weighted by molar-refractivity contribution is 0.0356. The van der Waals surface area contributed by atoms with Gasteiger partial charge in [0.2, 0.25) is 0 Å². The first kappa shape index (κ1) is 14.9. The molecular formula is C13H28O2. The van der Waals surface area contributed by atoms with Gasteiger partial charge in [-0.25, -0.2) is 0 Å². The van der Waals surface area contributed by atoms with Gasteiger partial charge in [-0.1, -0.05) is 34.6 Å². The Bertz CT molecular complexity index is 136. The first-order valence-corrected chi connectivity index (χ1v) is 6.07. The molecule has 0 heterocycles. The summed E-state index contributed by atoms with van der Waals surface area (Å²) in [5, 5.41) is 0. The van der Waals surface area contributed by atoms with Crippen molar-refractivity contribution in [3.8, 4) is 0 Å². The predicted octanol–water partition coefficient (Wildman–Crippen LogP) is 3.50. The van der Waals surface area contributed by atoms with Crippen molar-refractivity contribution in [2.45, 2.75) is 47.5 Å². The lowest BCUT2D eigenvalue weighted by Crippen LogP contribution is -2.12. The average Bonchev–Trinajstić information content (AvgIpc) is 2.07. The summed E-state index contributed by atoms with van der Waals surface area (Å²) in [6.45, 7) is 14.3. The van der Waals surface area contributed by atoms with Crippen molar-refractivity contribution in [2.75, 3.05) is 26.4 Å². The van der Waals surface area contributed by atoms with Gasteiger partial charge >= 0.3 is 0 Å². The van der Waals surface area contributed by atoms with Crippen LogP contribution in [0.5, 0.6) is 0 Å². The minimum atomic E-state index is 0.374. The van der Waals surface area contributed by atoms with Crippen molar-refractivity contribution in [2.24, 2.45) is 11.3 Å². The van der Waals surface area contributed by atoms with Gasteiger partial charge in [0.1, 0.15) is 0 Å². The van der Waals surface area contributed by atoms with Gasteiger partial charge in [0.15, 0.2) is 0 Å². The van der Waals surface area contributed by atoms with Crippen LogP contribution in [-0.2, 0) is 9.47 Å². The molecule has 0 radical (unpaired) electrons. The van der Waals surface area contributed by atoms with Crippen molar-refractivity contribution >= 4 is 0 Å². The number of ether oxygens (including phenoxy) is 2. The fraction of sp³-hybridized carbons (Fsp3) is 1.00. The van der Waals surface area contributed by atoms with Gasteiger partial charge in [0.25, 0.3) is 0 Å². The third-order valence-electron chi connectivity index (χ3n) is 2.21. The molecule has 15 heavy (non-hydrogen) atoms. The van der Waals surface area contributed by atoms with Gasteiger partial charge < -0.3 is 9.47 Å². The summed E-state index contributed by atoms with van der Waals surface area (Å²) in [6.07, 6.45) is 2.25. The van der Waals surface area contributed by atoms with Crippen LogP contribution in [0.2, 0.25) is 0 Å². The molecule has 0 aliphatic rings. The topological polar surface area (TPSA) is 18.5 Å². The van der Waals surface area contributed by atoms with Crippen molar-refractivity contribution in [1.82, 2.24) is 0 Å². The van der Waals surface area contributed by atoms with Gasteiger partial charge in [-0.3, -0.25) is 0 Å². The van der Waals surface area contributed by atoms with E-state index in [1.165, 1.54) is 0 Å². The van der Waals surface area contributed by atoms with Gasteiger partial charge in [-0.2, -0.15) is 0 Å². The zero-order valence-electron chi connectivity index (χ0n) is 11.1. The highest BCUT2D eigenvalue weighted by Gasteiger charge is 2.08. The zero-order valence-corrected chi connectivity index (χ0v) is 11.1.